The van der Waals surface area contributed by atoms with Crippen LogP contribution in [0.2, 0.25) is 5.02 Å². The average molecular weight is 364 g/mol. The number of benzene rings is 1. The van der Waals surface area contributed by atoms with Gasteiger partial charge in [-0.1, -0.05) is 23.7 Å². The first-order chi connectivity index (χ1) is 11.6. The van der Waals surface area contributed by atoms with Gasteiger partial charge in [-0.05, 0) is 43.7 Å². The molecule has 2 aromatic rings. The third kappa shape index (κ3) is 2.49. The van der Waals surface area contributed by atoms with Crippen LogP contribution in [0.5, 0.6) is 0 Å². The summed E-state index contributed by atoms with van der Waals surface area (Å²) < 4.78 is 27.8. The molecule has 3 heterocycles. The van der Waals surface area contributed by atoms with Gasteiger partial charge < -0.3 is 5.32 Å². The second kappa shape index (κ2) is 6.02. The first-order valence-corrected chi connectivity index (χ1v) is 9.86. The molecule has 2 unspecified atom stereocenters. The standard InChI is InChI=1S/C17H18ClN3O2S/c18-13-5-1-2-8-16(13)24(22,23)21-11-12(14-6-3-9-19-14)17-15(21)7-4-10-20-17/h1-2,4-5,7-8,10,12,14,19H,3,6,9,11H2. The molecule has 4 rings (SSSR count). The molecule has 2 atom stereocenters. The number of sulfonamides is 1. The summed E-state index contributed by atoms with van der Waals surface area (Å²) in [6.45, 7) is 1.37. The third-order valence-electron chi connectivity index (χ3n) is 4.79. The molecule has 126 valence electrons. The summed E-state index contributed by atoms with van der Waals surface area (Å²) in [6, 6.07) is 10.4. The molecular formula is C17H18ClN3O2S. The van der Waals surface area contributed by atoms with Crippen LogP contribution < -0.4 is 9.62 Å². The zero-order valence-electron chi connectivity index (χ0n) is 13.0. The van der Waals surface area contributed by atoms with Crippen molar-refractivity contribution < 1.29 is 8.42 Å². The van der Waals surface area contributed by atoms with Gasteiger partial charge in [0, 0.05) is 24.7 Å². The van der Waals surface area contributed by atoms with Crippen molar-refractivity contribution in [1.29, 1.82) is 0 Å². The van der Waals surface area contributed by atoms with Crippen molar-refractivity contribution in [3.63, 3.8) is 0 Å². The summed E-state index contributed by atoms with van der Waals surface area (Å²) in [4.78, 5) is 4.63. The molecule has 0 aliphatic carbocycles. The summed E-state index contributed by atoms with van der Waals surface area (Å²) in [6.07, 6.45) is 3.88. The lowest BCUT2D eigenvalue weighted by atomic mass is 9.96. The Morgan fingerprint density at radius 1 is 1.21 bits per heavy atom. The SMILES string of the molecule is O=S(=O)(c1ccccc1Cl)N1CC(C2CCCN2)c2ncccc21. The van der Waals surface area contributed by atoms with E-state index in [2.05, 4.69) is 10.3 Å². The summed E-state index contributed by atoms with van der Waals surface area (Å²) in [5.74, 6) is 0.0703. The maximum absolute atomic E-state index is 13.2. The predicted octanol–water partition coefficient (Wildman–Crippen LogP) is 2.78. The molecule has 1 fully saturated rings. The predicted molar refractivity (Wildman–Crippen MR) is 94.0 cm³/mol. The van der Waals surface area contributed by atoms with Crippen molar-refractivity contribution in [2.75, 3.05) is 17.4 Å². The summed E-state index contributed by atoms with van der Waals surface area (Å²) >= 11 is 6.14. The van der Waals surface area contributed by atoms with Gasteiger partial charge >= 0.3 is 0 Å². The highest BCUT2D eigenvalue weighted by atomic mass is 35.5. The molecule has 1 saturated heterocycles. The first kappa shape index (κ1) is 15.9. The molecule has 0 saturated carbocycles. The number of hydrogen-bond donors (Lipinski definition) is 1. The van der Waals surface area contributed by atoms with E-state index in [1.807, 2.05) is 6.07 Å². The number of anilines is 1. The quantitative estimate of drug-likeness (QED) is 0.910. The van der Waals surface area contributed by atoms with Gasteiger partial charge in [0.15, 0.2) is 0 Å². The molecular weight excluding hydrogens is 346 g/mol. The molecule has 0 radical (unpaired) electrons. The molecule has 1 aromatic carbocycles. The Bertz CT molecular complexity index is 866. The number of fused-ring (bicyclic) bond motifs is 1. The molecule has 2 aliphatic heterocycles. The molecule has 7 heteroatoms. The van der Waals surface area contributed by atoms with Crippen LogP contribution in [0.4, 0.5) is 5.69 Å². The average Bonchev–Trinajstić information content (AvgIpc) is 3.22. The smallest absolute Gasteiger partial charge is 0.265 e. The fourth-order valence-electron chi connectivity index (χ4n) is 3.64. The second-order valence-corrected chi connectivity index (χ2v) is 8.42. The van der Waals surface area contributed by atoms with Crippen molar-refractivity contribution in [2.24, 2.45) is 0 Å². The second-order valence-electron chi connectivity index (χ2n) is 6.18. The van der Waals surface area contributed by atoms with E-state index >= 15 is 0 Å². The van der Waals surface area contributed by atoms with Crippen LogP contribution in [0.25, 0.3) is 0 Å². The van der Waals surface area contributed by atoms with Crippen molar-refractivity contribution in [2.45, 2.75) is 29.7 Å². The van der Waals surface area contributed by atoms with Crippen LogP contribution in [0.1, 0.15) is 24.5 Å². The van der Waals surface area contributed by atoms with Gasteiger partial charge in [-0.2, -0.15) is 0 Å². The summed E-state index contributed by atoms with van der Waals surface area (Å²) in [5.41, 5.74) is 1.52. The van der Waals surface area contributed by atoms with E-state index in [1.54, 1.807) is 36.5 Å². The number of halogens is 1. The van der Waals surface area contributed by atoms with E-state index in [0.29, 0.717) is 12.2 Å². The van der Waals surface area contributed by atoms with E-state index < -0.39 is 10.0 Å². The fraction of sp³-hybridized carbons (Fsp3) is 0.353. The highest BCUT2D eigenvalue weighted by Gasteiger charge is 2.42. The third-order valence-corrected chi connectivity index (χ3v) is 7.07. The van der Waals surface area contributed by atoms with Gasteiger partial charge in [-0.15, -0.1) is 0 Å². The zero-order valence-corrected chi connectivity index (χ0v) is 14.6. The fourth-order valence-corrected chi connectivity index (χ4v) is 5.64. The molecule has 24 heavy (non-hydrogen) atoms. The number of nitrogens with zero attached hydrogens (tertiary/aromatic N) is 2. The van der Waals surface area contributed by atoms with Gasteiger partial charge in [0.1, 0.15) is 4.90 Å². The van der Waals surface area contributed by atoms with Crippen molar-refractivity contribution in [3.05, 3.63) is 53.3 Å². The van der Waals surface area contributed by atoms with E-state index in [9.17, 15) is 8.42 Å². The van der Waals surface area contributed by atoms with Crippen LogP contribution in [-0.4, -0.2) is 32.5 Å². The van der Waals surface area contributed by atoms with Crippen molar-refractivity contribution in [1.82, 2.24) is 10.3 Å². The van der Waals surface area contributed by atoms with Gasteiger partial charge in [0.25, 0.3) is 10.0 Å². The van der Waals surface area contributed by atoms with E-state index in [4.69, 9.17) is 11.6 Å². The van der Waals surface area contributed by atoms with Gasteiger partial charge in [0.2, 0.25) is 0 Å². The normalized spacial score (nSPS) is 23.5. The van der Waals surface area contributed by atoms with Crippen LogP contribution in [0.15, 0.2) is 47.5 Å². The van der Waals surface area contributed by atoms with E-state index in [1.165, 1.54) is 4.31 Å². The molecule has 2 aliphatic rings. The lowest BCUT2D eigenvalue weighted by Gasteiger charge is -2.22. The monoisotopic (exact) mass is 363 g/mol. The van der Waals surface area contributed by atoms with Crippen LogP contribution >= 0.6 is 11.6 Å². The maximum atomic E-state index is 13.2. The first-order valence-electron chi connectivity index (χ1n) is 8.04. The van der Waals surface area contributed by atoms with Crippen LogP contribution in [0, 0.1) is 0 Å². The maximum Gasteiger partial charge on any atom is 0.265 e. The van der Waals surface area contributed by atoms with Gasteiger partial charge in [0.05, 0.1) is 16.4 Å². The summed E-state index contributed by atoms with van der Waals surface area (Å²) in [5, 5.41) is 3.72. The van der Waals surface area contributed by atoms with Gasteiger partial charge in [-0.25, -0.2) is 8.42 Å². The van der Waals surface area contributed by atoms with Crippen molar-refractivity contribution in [3.8, 4) is 0 Å². The number of nitrogens with one attached hydrogen (secondary N) is 1. The Morgan fingerprint density at radius 2 is 2.04 bits per heavy atom. The molecule has 5 nitrogen and oxygen atoms in total. The molecule has 0 amide bonds. The van der Waals surface area contributed by atoms with Gasteiger partial charge in [-0.3, -0.25) is 9.29 Å². The molecule has 0 spiro atoms. The Hall–Kier alpha value is -1.63. The highest BCUT2D eigenvalue weighted by molar-refractivity contribution is 7.93. The zero-order chi connectivity index (χ0) is 16.7. The Labute approximate surface area is 146 Å². The minimum Gasteiger partial charge on any atom is -0.313 e. The lowest BCUT2D eigenvalue weighted by molar-refractivity contribution is 0.501. The number of rotatable bonds is 3. The summed E-state index contributed by atoms with van der Waals surface area (Å²) in [7, 11) is -3.71. The number of hydrogen-bond acceptors (Lipinski definition) is 4. The van der Waals surface area contributed by atoms with Crippen molar-refractivity contribution >= 4 is 27.3 Å². The minimum absolute atomic E-state index is 0.0703. The number of aromatic nitrogens is 1. The Kier molecular flexibility index (Phi) is 3.98. The Balaban J connectivity index is 1.78. The topological polar surface area (TPSA) is 62.3 Å². The van der Waals surface area contributed by atoms with E-state index in [-0.39, 0.29) is 21.9 Å². The van der Waals surface area contributed by atoms with Crippen LogP contribution in [0.3, 0.4) is 0 Å². The lowest BCUT2D eigenvalue weighted by Crippen LogP contribution is -2.35. The largest absolute Gasteiger partial charge is 0.313 e. The Morgan fingerprint density at radius 3 is 2.79 bits per heavy atom. The number of pyridine rings is 1. The minimum atomic E-state index is -3.71. The molecule has 1 aromatic heterocycles. The van der Waals surface area contributed by atoms with E-state index in [0.717, 1.165) is 25.1 Å². The molecule has 1 N–H and O–H groups in total. The van der Waals surface area contributed by atoms with Crippen LogP contribution in [-0.2, 0) is 10.0 Å². The molecule has 0 bridgehead atoms. The highest BCUT2D eigenvalue weighted by Crippen LogP contribution is 2.42.